The highest BCUT2D eigenvalue weighted by Gasteiger charge is 2.37. The zero-order valence-corrected chi connectivity index (χ0v) is 17.0. The van der Waals surface area contributed by atoms with Crippen molar-refractivity contribution < 1.29 is 28.6 Å². The van der Waals surface area contributed by atoms with Crippen LogP contribution < -0.4 is 9.47 Å². The number of hydrogen-bond donors (Lipinski definition) is 0. The van der Waals surface area contributed by atoms with Crippen LogP contribution in [0.15, 0.2) is 21.5 Å². The van der Waals surface area contributed by atoms with Crippen LogP contribution >= 0.6 is 27.7 Å². The van der Waals surface area contributed by atoms with Crippen LogP contribution in [0, 0.1) is 12.3 Å². The van der Waals surface area contributed by atoms with Crippen LogP contribution in [0.2, 0.25) is 0 Å². The minimum absolute atomic E-state index is 0.00314. The lowest BCUT2D eigenvalue weighted by Crippen LogP contribution is -2.34. The number of carbonyl (C=O) groups is 3. The number of imide groups is 1. The van der Waals surface area contributed by atoms with Crippen LogP contribution in [0.5, 0.6) is 11.5 Å². The first-order chi connectivity index (χ1) is 12.9. The summed E-state index contributed by atoms with van der Waals surface area (Å²) in [4.78, 5) is 37.2. The van der Waals surface area contributed by atoms with E-state index in [0.717, 1.165) is 16.7 Å². The van der Waals surface area contributed by atoms with Crippen molar-refractivity contribution in [3.05, 3.63) is 27.1 Å². The molecule has 0 atom stereocenters. The predicted octanol–water partition coefficient (Wildman–Crippen LogP) is 3.07. The number of hydrogen-bond acceptors (Lipinski definition) is 7. The maximum Gasteiger partial charge on any atom is 0.326 e. The summed E-state index contributed by atoms with van der Waals surface area (Å²) in [7, 11) is 1.47. The Labute approximate surface area is 169 Å². The maximum atomic E-state index is 12.5. The Bertz CT molecular complexity index is 845. The van der Waals surface area contributed by atoms with Gasteiger partial charge in [-0.2, -0.15) is 0 Å². The summed E-state index contributed by atoms with van der Waals surface area (Å²) in [6, 6.07) is 3.39. The van der Waals surface area contributed by atoms with Crippen molar-refractivity contribution >= 4 is 50.9 Å². The van der Waals surface area contributed by atoms with Gasteiger partial charge in [0.15, 0.2) is 11.5 Å². The molecule has 1 aromatic carbocycles. The quantitative estimate of drug-likeness (QED) is 0.356. The van der Waals surface area contributed by atoms with Crippen molar-refractivity contribution in [1.82, 2.24) is 4.90 Å². The number of nitrogens with zero attached hydrogens (tertiary/aromatic N) is 1. The minimum atomic E-state index is -0.650. The number of ether oxygens (including phenoxy) is 3. The summed E-state index contributed by atoms with van der Waals surface area (Å²) in [5.41, 5.74) is 0.498. The van der Waals surface area contributed by atoms with Crippen LogP contribution in [0.1, 0.15) is 12.5 Å². The van der Waals surface area contributed by atoms with Gasteiger partial charge >= 0.3 is 5.97 Å². The van der Waals surface area contributed by atoms with E-state index < -0.39 is 23.7 Å². The number of halogens is 1. The van der Waals surface area contributed by atoms with Gasteiger partial charge in [-0.1, -0.05) is 21.9 Å². The second-order valence-corrected chi connectivity index (χ2v) is 7.00. The molecule has 0 aliphatic carbocycles. The molecule has 0 spiro atoms. The van der Waals surface area contributed by atoms with Gasteiger partial charge in [0.2, 0.25) is 0 Å². The van der Waals surface area contributed by atoms with E-state index in [0.29, 0.717) is 21.5 Å². The molecule has 0 radical (unpaired) electrons. The highest BCUT2D eigenvalue weighted by molar-refractivity contribution is 9.10. The number of methoxy groups -OCH3 is 1. The summed E-state index contributed by atoms with van der Waals surface area (Å²) >= 11 is 4.09. The van der Waals surface area contributed by atoms with Crippen LogP contribution in [-0.4, -0.2) is 48.9 Å². The second kappa shape index (κ2) is 9.48. The molecule has 0 bridgehead atoms. The van der Waals surface area contributed by atoms with Gasteiger partial charge in [-0.25, -0.2) is 0 Å². The van der Waals surface area contributed by atoms with Gasteiger partial charge in [0.25, 0.3) is 11.1 Å². The van der Waals surface area contributed by atoms with Crippen molar-refractivity contribution in [2.75, 3.05) is 26.9 Å². The topological polar surface area (TPSA) is 82.1 Å². The molecule has 1 aliphatic rings. The molecule has 7 nitrogen and oxygen atoms in total. The fraction of sp³-hybridized carbons (Fsp3) is 0.278. The molecule has 1 aromatic rings. The van der Waals surface area contributed by atoms with E-state index in [9.17, 15) is 14.4 Å². The average Bonchev–Trinajstić information content (AvgIpc) is 2.88. The number of esters is 1. The standard InChI is InChI=1S/C18H16BrNO6S/c1-4-6-26-16-11(7-12(19)9-13(16)24-3)8-14-17(22)20(18(23)27-14)10-15(21)25-5-2/h1,7-9H,5-6,10H2,2-3H3/b14-8+. The zero-order chi connectivity index (χ0) is 20.0. The van der Waals surface area contributed by atoms with Crippen molar-refractivity contribution in [3.63, 3.8) is 0 Å². The summed E-state index contributed by atoms with van der Waals surface area (Å²) < 4.78 is 16.3. The third-order valence-corrected chi connectivity index (χ3v) is 4.69. The Morgan fingerprint density at radius 2 is 2.15 bits per heavy atom. The Morgan fingerprint density at radius 3 is 2.78 bits per heavy atom. The van der Waals surface area contributed by atoms with E-state index in [2.05, 4.69) is 21.9 Å². The molecule has 142 valence electrons. The number of benzene rings is 1. The first-order valence-corrected chi connectivity index (χ1v) is 9.37. The van der Waals surface area contributed by atoms with Gasteiger partial charge < -0.3 is 14.2 Å². The van der Waals surface area contributed by atoms with Crippen LogP contribution in [0.25, 0.3) is 6.08 Å². The van der Waals surface area contributed by atoms with Crippen molar-refractivity contribution in [2.24, 2.45) is 0 Å². The van der Waals surface area contributed by atoms with E-state index in [4.69, 9.17) is 20.6 Å². The normalized spacial score (nSPS) is 15.0. The largest absolute Gasteiger partial charge is 0.493 e. The van der Waals surface area contributed by atoms with Gasteiger partial charge in [-0.05, 0) is 36.9 Å². The second-order valence-electron chi connectivity index (χ2n) is 5.09. The number of terminal acetylenes is 1. The van der Waals surface area contributed by atoms with Gasteiger partial charge in [0, 0.05) is 10.0 Å². The smallest absolute Gasteiger partial charge is 0.326 e. The maximum absolute atomic E-state index is 12.5. The van der Waals surface area contributed by atoms with Crippen LogP contribution in [0.3, 0.4) is 0 Å². The monoisotopic (exact) mass is 453 g/mol. The summed E-state index contributed by atoms with van der Waals surface area (Å²) in [5, 5.41) is -0.549. The number of amides is 2. The highest BCUT2D eigenvalue weighted by atomic mass is 79.9. The highest BCUT2D eigenvalue weighted by Crippen LogP contribution is 2.39. The number of rotatable bonds is 7. The molecule has 27 heavy (non-hydrogen) atoms. The van der Waals surface area contributed by atoms with E-state index in [1.165, 1.54) is 13.2 Å². The molecular formula is C18H16BrNO6S. The Hall–Kier alpha value is -2.44. The minimum Gasteiger partial charge on any atom is -0.493 e. The van der Waals surface area contributed by atoms with Gasteiger partial charge in [-0.15, -0.1) is 6.42 Å². The van der Waals surface area contributed by atoms with E-state index in [1.807, 2.05) is 0 Å². The van der Waals surface area contributed by atoms with Gasteiger partial charge in [0.1, 0.15) is 13.2 Å². The molecule has 2 rings (SSSR count). The summed E-state index contributed by atoms with van der Waals surface area (Å²) in [6.07, 6.45) is 6.74. The first-order valence-electron chi connectivity index (χ1n) is 7.76. The van der Waals surface area contributed by atoms with E-state index >= 15 is 0 Å². The first kappa shape index (κ1) is 20.9. The molecule has 0 aromatic heterocycles. The van der Waals surface area contributed by atoms with E-state index in [-0.39, 0.29) is 18.1 Å². The Balaban J connectivity index is 2.37. The third-order valence-electron chi connectivity index (χ3n) is 3.32. The lowest BCUT2D eigenvalue weighted by atomic mass is 10.1. The number of thioether (sulfide) groups is 1. The molecule has 1 heterocycles. The summed E-state index contributed by atoms with van der Waals surface area (Å²) in [6.45, 7) is 1.38. The fourth-order valence-electron chi connectivity index (χ4n) is 2.23. The van der Waals surface area contributed by atoms with Crippen molar-refractivity contribution in [2.45, 2.75) is 6.92 Å². The fourth-order valence-corrected chi connectivity index (χ4v) is 3.51. The Kier molecular flexibility index (Phi) is 7.33. The molecule has 1 aliphatic heterocycles. The van der Waals surface area contributed by atoms with Gasteiger partial charge in [0.05, 0.1) is 18.6 Å². The molecule has 9 heteroatoms. The average molecular weight is 454 g/mol. The lowest BCUT2D eigenvalue weighted by molar-refractivity contribution is -0.145. The zero-order valence-electron chi connectivity index (χ0n) is 14.6. The molecule has 0 N–H and O–H groups in total. The molecule has 0 unspecified atom stereocenters. The van der Waals surface area contributed by atoms with Crippen LogP contribution in [-0.2, 0) is 14.3 Å². The van der Waals surface area contributed by atoms with Crippen molar-refractivity contribution in [1.29, 1.82) is 0 Å². The molecule has 2 amide bonds. The third kappa shape index (κ3) is 5.05. The van der Waals surface area contributed by atoms with E-state index in [1.54, 1.807) is 19.1 Å². The van der Waals surface area contributed by atoms with Crippen molar-refractivity contribution in [3.8, 4) is 23.8 Å². The SMILES string of the molecule is C#CCOc1c(/C=C2/SC(=O)N(CC(=O)OCC)C2=O)cc(Br)cc1OC. The predicted molar refractivity (Wildman–Crippen MR) is 104 cm³/mol. The molecule has 0 saturated carbocycles. The summed E-state index contributed by atoms with van der Waals surface area (Å²) in [5.74, 6) is 1.89. The molecule has 1 saturated heterocycles. The van der Waals surface area contributed by atoms with Gasteiger partial charge in [-0.3, -0.25) is 19.3 Å². The molecular weight excluding hydrogens is 438 g/mol. The van der Waals surface area contributed by atoms with Crippen LogP contribution in [0.4, 0.5) is 4.79 Å². The number of carbonyl (C=O) groups excluding carboxylic acids is 3. The Morgan fingerprint density at radius 1 is 1.41 bits per heavy atom. The molecule has 1 fully saturated rings. The lowest BCUT2D eigenvalue weighted by Gasteiger charge is -2.13.